The minimum atomic E-state index is -0.493. The second-order valence-electron chi connectivity index (χ2n) is 6.79. The molecular formula is C21H27N3O2. The Bertz CT molecular complexity index is 695. The van der Waals surface area contributed by atoms with Gasteiger partial charge < -0.3 is 15.3 Å². The predicted octanol–water partition coefficient (Wildman–Crippen LogP) is 2.18. The number of aliphatic hydroxyl groups excluding tert-OH is 1. The SMILES string of the molecule is CC(=O)NCc1ccc(C(O)CN2CCN(c3ccccc3)CC2)cc1. The highest BCUT2D eigenvalue weighted by atomic mass is 16.3. The van der Waals surface area contributed by atoms with Crippen LogP contribution in [0.1, 0.15) is 24.2 Å². The van der Waals surface area contributed by atoms with Gasteiger partial charge in [0.05, 0.1) is 6.10 Å². The number of hydrogen-bond acceptors (Lipinski definition) is 4. The molecule has 26 heavy (non-hydrogen) atoms. The van der Waals surface area contributed by atoms with Crippen molar-refractivity contribution in [2.24, 2.45) is 0 Å². The number of rotatable bonds is 6. The Balaban J connectivity index is 1.48. The number of hydrogen-bond donors (Lipinski definition) is 2. The third-order valence-corrected chi connectivity index (χ3v) is 4.83. The van der Waals surface area contributed by atoms with Crippen molar-refractivity contribution in [3.05, 3.63) is 65.7 Å². The molecule has 0 aliphatic carbocycles. The largest absolute Gasteiger partial charge is 0.387 e. The lowest BCUT2D eigenvalue weighted by atomic mass is 10.1. The molecule has 138 valence electrons. The molecule has 0 spiro atoms. The summed E-state index contributed by atoms with van der Waals surface area (Å²) in [6.45, 7) is 6.54. The Morgan fingerprint density at radius 1 is 1.04 bits per heavy atom. The molecule has 1 atom stereocenters. The summed E-state index contributed by atoms with van der Waals surface area (Å²) in [5, 5.41) is 13.3. The summed E-state index contributed by atoms with van der Waals surface area (Å²) in [4.78, 5) is 15.7. The second-order valence-corrected chi connectivity index (χ2v) is 6.79. The van der Waals surface area contributed by atoms with Gasteiger partial charge in [0.15, 0.2) is 0 Å². The van der Waals surface area contributed by atoms with E-state index in [-0.39, 0.29) is 5.91 Å². The van der Waals surface area contributed by atoms with Crippen LogP contribution < -0.4 is 10.2 Å². The van der Waals surface area contributed by atoms with Crippen molar-refractivity contribution in [2.75, 3.05) is 37.6 Å². The van der Waals surface area contributed by atoms with Gasteiger partial charge in [-0.25, -0.2) is 0 Å². The maximum atomic E-state index is 11.0. The second kappa shape index (κ2) is 8.83. The molecular weight excluding hydrogens is 326 g/mol. The van der Waals surface area contributed by atoms with E-state index in [9.17, 15) is 9.90 Å². The first-order valence-electron chi connectivity index (χ1n) is 9.15. The molecule has 1 amide bonds. The van der Waals surface area contributed by atoms with Crippen molar-refractivity contribution in [3.63, 3.8) is 0 Å². The fourth-order valence-electron chi connectivity index (χ4n) is 3.26. The Kier molecular flexibility index (Phi) is 6.26. The van der Waals surface area contributed by atoms with Gasteiger partial charge in [0.25, 0.3) is 0 Å². The zero-order valence-corrected chi connectivity index (χ0v) is 15.3. The van der Waals surface area contributed by atoms with Gasteiger partial charge in [0, 0.05) is 51.9 Å². The van der Waals surface area contributed by atoms with Crippen LogP contribution in [0.15, 0.2) is 54.6 Å². The molecule has 1 unspecified atom stereocenters. The van der Waals surface area contributed by atoms with Crippen LogP contribution in [0.5, 0.6) is 0 Å². The minimum absolute atomic E-state index is 0.0382. The standard InChI is InChI=1S/C21H27N3O2/c1-17(25)22-15-18-7-9-19(10-8-18)21(26)16-23-11-13-24(14-12-23)20-5-3-2-4-6-20/h2-10,21,26H,11-16H2,1H3,(H,22,25). The van der Waals surface area contributed by atoms with Crippen LogP contribution >= 0.6 is 0 Å². The summed E-state index contributed by atoms with van der Waals surface area (Å²) < 4.78 is 0. The van der Waals surface area contributed by atoms with Crippen LogP contribution in [-0.2, 0) is 11.3 Å². The van der Waals surface area contributed by atoms with Crippen molar-refractivity contribution >= 4 is 11.6 Å². The zero-order valence-electron chi connectivity index (χ0n) is 15.3. The van der Waals surface area contributed by atoms with E-state index in [1.54, 1.807) is 0 Å². The average Bonchev–Trinajstić information content (AvgIpc) is 2.68. The summed E-state index contributed by atoms with van der Waals surface area (Å²) >= 11 is 0. The molecule has 2 aromatic carbocycles. The van der Waals surface area contributed by atoms with Crippen LogP contribution in [0, 0.1) is 0 Å². The molecule has 3 rings (SSSR count). The van der Waals surface area contributed by atoms with E-state index in [0.29, 0.717) is 13.1 Å². The number of amides is 1. The van der Waals surface area contributed by atoms with Gasteiger partial charge in [0.1, 0.15) is 0 Å². The molecule has 5 heteroatoms. The van der Waals surface area contributed by atoms with Gasteiger partial charge in [0.2, 0.25) is 5.91 Å². The normalized spacial score (nSPS) is 16.3. The molecule has 5 nitrogen and oxygen atoms in total. The molecule has 0 radical (unpaired) electrons. The monoisotopic (exact) mass is 353 g/mol. The number of benzene rings is 2. The number of carbonyl (C=O) groups is 1. The molecule has 1 aliphatic rings. The van der Waals surface area contributed by atoms with Gasteiger partial charge in [-0.2, -0.15) is 0 Å². The summed E-state index contributed by atoms with van der Waals surface area (Å²) in [7, 11) is 0. The number of nitrogens with zero attached hydrogens (tertiary/aromatic N) is 2. The van der Waals surface area contributed by atoms with Gasteiger partial charge in [-0.3, -0.25) is 9.69 Å². The number of β-amino-alcohol motifs (C(OH)–C–C–N with tert-alkyl or cyclic N) is 1. The topological polar surface area (TPSA) is 55.8 Å². The maximum Gasteiger partial charge on any atom is 0.217 e. The van der Waals surface area contributed by atoms with Crippen molar-refractivity contribution in [3.8, 4) is 0 Å². The van der Waals surface area contributed by atoms with E-state index >= 15 is 0 Å². The molecule has 2 aromatic rings. The zero-order chi connectivity index (χ0) is 18.4. The molecule has 0 saturated carbocycles. The third-order valence-electron chi connectivity index (χ3n) is 4.83. The van der Waals surface area contributed by atoms with Crippen LogP contribution in [0.2, 0.25) is 0 Å². The van der Waals surface area contributed by atoms with Gasteiger partial charge in [-0.15, -0.1) is 0 Å². The van der Waals surface area contributed by atoms with E-state index in [0.717, 1.165) is 37.3 Å². The number of piperazine rings is 1. The summed E-state index contributed by atoms with van der Waals surface area (Å²) in [5.41, 5.74) is 3.22. The van der Waals surface area contributed by atoms with Crippen LogP contribution in [-0.4, -0.2) is 48.6 Å². The van der Waals surface area contributed by atoms with E-state index in [2.05, 4.69) is 39.4 Å². The maximum absolute atomic E-state index is 11.0. The van der Waals surface area contributed by atoms with E-state index in [1.165, 1.54) is 12.6 Å². The molecule has 1 fully saturated rings. The lowest BCUT2D eigenvalue weighted by Gasteiger charge is -2.37. The van der Waals surface area contributed by atoms with E-state index < -0.39 is 6.10 Å². The first kappa shape index (κ1) is 18.4. The summed E-state index contributed by atoms with van der Waals surface area (Å²) in [6.07, 6.45) is -0.493. The quantitative estimate of drug-likeness (QED) is 0.836. The molecule has 1 heterocycles. The smallest absolute Gasteiger partial charge is 0.217 e. The Morgan fingerprint density at radius 2 is 1.69 bits per heavy atom. The first-order valence-corrected chi connectivity index (χ1v) is 9.15. The Labute approximate surface area is 155 Å². The van der Waals surface area contributed by atoms with Gasteiger partial charge >= 0.3 is 0 Å². The lowest BCUT2D eigenvalue weighted by Crippen LogP contribution is -2.47. The van der Waals surface area contributed by atoms with Crippen molar-refractivity contribution in [1.29, 1.82) is 0 Å². The molecule has 0 aromatic heterocycles. The van der Waals surface area contributed by atoms with E-state index in [4.69, 9.17) is 0 Å². The van der Waals surface area contributed by atoms with Crippen molar-refractivity contribution in [2.45, 2.75) is 19.6 Å². The molecule has 1 saturated heterocycles. The van der Waals surface area contributed by atoms with Crippen molar-refractivity contribution in [1.82, 2.24) is 10.2 Å². The highest BCUT2D eigenvalue weighted by Gasteiger charge is 2.20. The fourth-order valence-corrected chi connectivity index (χ4v) is 3.26. The third kappa shape index (κ3) is 5.07. The number of carbonyl (C=O) groups excluding carboxylic acids is 1. The highest BCUT2D eigenvalue weighted by molar-refractivity contribution is 5.72. The Hall–Kier alpha value is -2.37. The number of para-hydroxylation sites is 1. The van der Waals surface area contributed by atoms with Crippen LogP contribution in [0.4, 0.5) is 5.69 Å². The van der Waals surface area contributed by atoms with Gasteiger partial charge in [-0.1, -0.05) is 42.5 Å². The molecule has 2 N–H and O–H groups in total. The Morgan fingerprint density at radius 3 is 2.31 bits per heavy atom. The summed E-state index contributed by atoms with van der Waals surface area (Å²) in [6, 6.07) is 18.3. The number of anilines is 1. The molecule has 0 bridgehead atoms. The van der Waals surface area contributed by atoms with Crippen LogP contribution in [0.25, 0.3) is 0 Å². The highest BCUT2D eigenvalue weighted by Crippen LogP contribution is 2.19. The van der Waals surface area contributed by atoms with Crippen LogP contribution in [0.3, 0.4) is 0 Å². The molecule has 1 aliphatic heterocycles. The fraction of sp³-hybridized carbons (Fsp3) is 0.381. The first-order chi connectivity index (χ1) is 12.6. The average molecular weight is 353 g/mol. The van der Waals surface area contributed by atoms with E-state index in [1.807, 2.05) is 30.3 Å². The number of aliphatic hydroxyl groups is 1. The van der Waals surface area contributed by atoms with Gasteiger partial charge in [-0.05, 0) is 23.3 Å². The van der Waals surface area contributed by atoms with Crippen molar-refractivity contribution < 1.29 is 9.90 Å². The minimum Gasteiger partial charge on any atom is -0.387 e. The number of nitrogens with one attached hydrogen (secondary N) is 1. The summed E-state index contributed by atoms with van der Waals surface area (Å²) in [5.74, 6) is -0.0382. The predicted molar refractivity (Wildman–Crippen MR) is 104 cm³/mol. The lowest BCUT2D eigenvalue weighted by molar-refractivity contribution is -0.119.